The molecule has 3 rings (SSSR count). The Labute approximate surface area is 180 Å². The van der Waals surface area contributed by atoms with Gasteiger partial charge in [0, 0.05) is 10.6 Å². The summed E-state index contributed by atoms with van der Waals surface area (Å²) in [7, 11) is 0. The van der Waals surface area contributed by atoms with Crippen LogP contribution >= 0.6 is 23.5 Å². The van der Waals surface area contributed by atoms with Crippen molar-refractivity contribution >= 4 is 40.3 Å². The minimum absolute atomic E-state index is 0.222. The van der Waals surface area contributed by atoms with Gasteiger partial charge in [0.15, 0.2) is 0 Å². The molecule has 0 aliphatic carbocycles. The van der Waals surface area contributed by atoms with Crippen molar-refractivity contribution in [2.45, 2.75) is 11.8 Å². The van der Waals surface area contributed by atoms with Crippen LogP contribution in [0, 0.1) is 12.7 Å². The first-order valence-corrected chi connectivity index (χ1v) is 11.1. The summed E-state index contributed by atoms with van der Waals surface area (Å²) in [5.41, 5.74) is 3.33. The van der Waals surface area contributed by atoms with E-state index in [1.165, 1.54) is 23.3 Å². The van der Waals surface area contributed by atoms with E-state index >= 15 is 0 Å². The maximum atomic E-state index is 13.0. The van der Waals surface area contributed by atoms with Gasteiger partial charge in [0.1, 0.15) is 5.82 Å². The quantitative estimate of drug-likeness (QED) is 0.219. The Morgan fingerprint density at radius 2 is 1.66 bits per heavy atom. The van der Waals surface area contributed by atoms with E-state index in [0.717, 1.165) is 21.4 Å². The van der Waals surface area contributed by atoms with Gasteiger partial charge in [-0.25, -0.2) is 9.38 Å². The lowest BCUT2D eigenvalue weighted by Gasteiger charge is -2.02. The van der Waals surface area contributed by atoms with Crippen LogP contribution in [0.15, 0.2) is 106 Å². The van der Waals surface area contributed by atoms with Crippen LogP contribution in [0.4, 0.5) is 10.1 Å². The average molecular weight is 420 g/mol. The molecule has 3 aromatic carbocycles. The Morgan fingerprint density at radius 1 is 0.931 bits per heavy atom. The zero-order valence-corrected chi connectivity index (χ0v) is 17.8. The molecule has 1 nitrogen and oxygen atoms in total. The summed E-state index contributed by atoms with van der Waals surface area (Å²) in [5, 5.41) is 2.93. The molecule has 0 bridgehead atoms. The lowest BCUT2D eigenvalue weighted by molar-refractivity contribution is 0.626. The second-order valence-electron chi connectivity index (χ2n) is 6.28. The van der Waals surface area contributed by atoms with Crippen LogP contribution in [0.3, 0.4) is 0 Å². The van der Waals surface area contributed by atoms with E-state index in [9.17, 15) is 4.39 Å². The number of aryl methyl sites for hydroxylation is 1. The topological polar surface area (TPSA) is 12.4 Å². The van der Waals surface area contributed by atoms with Gasteiger partial charge in [-0.05, 0) is 60.4 Å². The van der Waals surface area contributed by atoms with Gasteiger partial charge in [-0.3, -0.25) is 0 Å². The second-order valence-corrected chi connectivity index (χ2v) is 8.30. The molecular formula is C25H22FNS2. The molecule has 29 heavy (non-hydrogen) atoms. The smallest absolute Gasteiger partial charge is 0.123 e. The highest BCUT2D eigenvalue weighted by atomic mass is 32.2. The second kappa shape index (κ2) is 11.4. The van der Waals surface area contributed by atoms with Gasteiger partial charge in [-0.2, -0.15) is 0 Å². The highest BCUT2D eigenvalue weighted by Gasteiger charge is 1.98. The molecule has 0 spiro atoms. The number of hydrogen-bond donors (Lipinski definition) is 0. The fourth-order valence-corrected chi connectivity index (χ4v) is 3.86. The Morgan fingerprint density at radius 3 is 2.38 bits per heavy atom. The van der Waals surface area contributed by atoms with E-state index in [-0.39, 0.29) is 5.82 Å². The van der Waals surface area contributed by atoms with Crippen LogP contribution in [0.1, 0.15) is 11.1 Å². The number of hydrogen-bond acceptors (Lipinski definition) is 3. The van der Waals surface area contributed by atoms with Crippen molar-refractivity contribution in [3.8, 4) is 0 Å². The van der Waals surface area contributed by atoms with Crippen LogP contribution in [0.2, 0.25) is 0 Å². The predicted octanol–water partition coefficient (Wildman–Crippen LogP) is 7.92. The van der Waals surface area contributed by atoms with Gasteiger partial charge in [-0.15, -0.1) is 11.8 Å². The van der Waals surface area contributed by atoms with Gasteiger partial charge in [-0.1, -0.05) is 71.9 Å². The summed E-state index contributed by atoms with van der Waals surface area (Å²) in [6, 6.07) is 24.9. The summed E-state index contributed by atoms with van der Waals surface area (Å²) >= 11 is 3.23. The lowest BCUT2D eigenvalue weighted by Crippen LogP contribution is -1.87. The van der Waals surface area contributed by atoms with Crippen LogP contribution in [-0.4, -0.2) is 10.8 Å². The Kier molecular flexibility index (Phi) is 8.35. The van der Waals surface area contributed by atoms with E-state index in [1.54, 1.807) is 35.7 Å². The third-order valence-electron chi connectivity index (χ3n) is 3.94. The van der Waals surface area contributed by atoms with Gasteiger partial charge in [0.2, 0.25) is 0 Å². The molecule has 4 heteroatoms. The number of aliphatic imine (C=N–C) groups is 1. The van der Waals surface area contributed by atoms with E-state index < -0.39 is 0 Å². The van der Waals surface area contributed by atoms with Gasteiger partial charge in [0.05, 0.1) is 10.7 Å². The van der Waals surface area contributed by atoms with Crippen LogP contribution in [0.25, 0.3) is 6.08 Å². The normalized spacial score (nSPS) is 12.1. The Bertz CT molecular complexity index is 976. The predicted molar refractivity (Wildman–Crippen MR) is 128 cm³/mol. The standard InChI is InChI=1S/C25H22FNS2/c1-20-9-13-23(14-10-20)27-25(17-19-28-24-15-11-22(26)12-16-24)29-18-5-8-21-6-3-2-4-7-21/h2-17,19H,18H2,1H3. The largest absolute Gasteiger partial charge is 0.242 e. The number of benzene rings is 3. The van der Waals surface area contributed by atoms with Crippen molar-refractivity contribution < 1.29 is 4.39 Å². The fraction of sp³-hybridized carbons (Fsp3) is 0.0800. The first kappa shape index (κ1) is 21.2. The van der Waals surface area contributed by atoms with Crippen LogP contribution in [0.5, 0.6) is 0 Å². The molecule has 0 fully saturated rings. The van der Waals surface area contributed by atoms with Crippen LogP contribution in [-0.2, 0) is 0 Å². The molecule has 0 unspecified atom stereocenters. The molecule has 146 valence electrons. The van der Waals surface area contributed by atoms with E-state index in [0.29, 0.717) is 0 Å². The van der Waals surface area contributed by atoms with Gasteiger partial charge in [0.25, 0.3) is 0 Å². The molecule has 0 aliphatic rings. The molecule has 3 aromatic rings. The fourth-order valence-electron chi connectivity index (χ4n) is 2.43. The molecule has 0 amide bonds. The maximum absolute atomic E-state index is 13.0. The SMILES string of the molecule is Cc1ccc(N=C(C=CSc2ccc(F)cc2)SCC=Cc2ccccc2)cc1. The molecule has 0 saturated heterocycles. The van der Waals surface area contributed by atoms with Gasteiger partial charge >= 0.3 is 0 Å². The minimum Gasteiger partial charge on any atom is -0.242 e. The molecule has 0 saturated carbocycles. The summed E-state index contributed by atoms with van der Waals surface area (Å²) in [5.74, 6) is 0.603. The third kappa shape index (κ3) is 7.76. The highest BCUT2D eigenvalue weighted by Crippen LogP contribution is 2.22. The first-order valence-electron chi connectivity index (χ1n) is 9.27. The minimum atomic E-state index is -0.222. The zero-order valence-electron chi connectivity index (χ0n) is 16.2. The van der Waals surface area contributed by atoms with Crippen molar-refractivity contribution in [3.05, 3.63) is 113 Å². The summed E-state index contributed by atoms with van der Waals surface area (Å²) in [6.45, 7) is 2.07. The monoisotopic (exact) mass is 419 g/mol. The molecule has 0 N–H and O–H groups in total. The molecule has 0 atom stereocenters. The highest BCUT2D eigenvalue weighted by molar-refractivity contribution is 8.14. The van der Waals surface area contributed by atoms with Crippen LogP contribution < -0.4 is 0 Å². The van der Waals surface area contributed by atoms with Gasteiger partial charge < -0.3 is 0 Å². The summed E-state index contributed by atoms with van der Waals surface area (Å²) in [4.78, 5) is 5.77. The Balaban J connectivity index is 1.67. The molecule has 0 aliphatic heterocycles. The van der Waals surface area contributed by atoms with E-state index in [2.05, 4.69) is 43.3 Å². The first-order chi connectivity index (χ1) is 14.2. The number of halogens is 1. The van der Waals surface area contributed by atoms with Crippen molar-refractivity contribution in [2.75, 3.05) is 5.75 Å². The average Bonchev–Trinajstić information content (AvgIpc) is 2.75. The number of thioether (sulfide) groups is 2. The van der Waals surface area contributed by atoms with Crippen molar-refractivity contribution in [1.29, 1.82) is 0 Å². The van der Waals surface area contributed by atoms with Crippen molar-refractivity contribution in [3.63, 3.8) is 0 Å². The third-order valence-corrected chi connectivity index (χ3v) is 5.64. The lowest BCUT2D eigenvalue weighted by atomic mass is 10.2. The molecule has 0 aromatic heterocycles. The van der Waals surface area contributed by atoms with Crippen molar-refractivity contribution in [1.82, 2.24) is 0 Å². The molecular weight excluding hydrogens is 397 g/mol. The summed E-state index contributed by atoms with van der Waals surface area (Å²) < 4.78 is 13.0. The number of nitrogens with zero attached hydrogens (tertiary/aromatic N) is 1. The Hall–Kier alpha value is -2.56. The maximum Gasteiger partial charge on any atom is 0.123 e. The zero-order chi connectivity index (χ0) is 20.3. The van der Waals surface area contributed by atoms with E-state index in [4.69, 9.17) is 4.99 Å². The van der Waals surface area contributed by atoms with E-state index in [1.807, 2.05) is 41.8 Å². The number of rotatable bonds is 7. The molecule has 0 radical (unpaired) electrons. The summed E-state index contributed by atoms with van der Waals surface area (Å²) in [6.07, 6.45) is 6.27. The molecule has 0 heterocycles. The van der Waals surface area contributed by atoms with Crippen molar-refractivity contribution in [2.24, 2.45) is 4.99 Å².